The number of aliphatic hydroxyl groups is 1. The maximum absolute atomic E-state index is 13.6. The molecular weight excluding hydrogens is 251 g/mol. The van der Waals surface area contributed by atoms with Gasteiger partial charge in [0.15, 0.2) is 17.7 Å². The van der Waals surface area contributed by atoms with Crippen LogP contribution in [0.5, 0.6) is 5.75 Å². The van der Waals surface area contributed by atoms with Crippen LogP contribution in [-0.4, -0.2) is 22.8 Å². The van der Waals surface area contributed by atoms with Gasteiger partial charge in [0.2, 0.25) is 0 Å². The molecule has 0 spiro atoms. The van der Waals surface area contributed by atoms with Gasteiger partial charge in [-0.15, -0.1) is 0 Å². The third kappa shape index (κ3) is 2.68. The molecule has 0 aliphatic carbocycles. The van der Waals surface area contributed by atoms with Crippen molar-refractivity contribution in [2.45, 2.75) is 20.0 Å². The van der Waals surface area contributed by atoms with Crippen LogP contribution < -0.4 is 0 Å². The average Bonchev–Trinajstić information content (AvgIpc) is 2.30. The number of phenolic OH excluding ortho intramolecular Hbond substituents is 1. The van der Waals surface area contributed by atoms with Crippen LogP contribution in [0.3, 0.4) is 0 Å². The molecule has 0 amide bonds. The SMILES string of the molecule is CCOC(=O)C(O)c1cc(C)c(Cl)c(O)c1F. The van der Waals surface area contributed by atoms with Crippen molar-refractivity contribution >= 4 is 17.6 Å². The Kier molecular flexibility index (Phi) is 4.31. The van der Waals surface area contributed by atoms with E-state index in [0.717, 1.165) is 0 Å². The van der Waals surface area contributed by atoms with Gasteiger partial charge in [0.1, 0.15) is 0 Å². The van der Waals surface area contributed by atoms with Crippen LogP contribution in [0.1, 0.15) is 24.2 Å². The second-order valence-electron chi connectivity index (χ2n) is 3.41. The van der Waals surface area contributed by atoms with Crippen LogP contribution in [0.25, 0.3) is 0 Å². The van der Waals surface area contributed by atoms with E-state index >= 15 is 0 Å². The van der Waals surface area contributed by atoms with Crippen LogP contribution in [-0.2, 0) is 9.53 Å². The second-order valence-corrected chi connectivity index (χ2v) is 3.79. The largest absolute Gasteiger partial charge is 0.504 e. The first-order valence-corrected chi connectivity index (χ1v) is 5.30. The van der Waals surface area contributed by atoms with E-state index in [1.54, 1.807) is 6.92 Å². The van der Waals surface area contributed by atoms with Crippen molar-refractivity contribution in [2.75, 3.05) is 6.61 Å². The van der Waals surface area contributed by atoms with Gasteiger partial charge in [-0.1, -0.05) is 11.6 Å². The number of rotatable bonds is 3. The van der Waals surface area contributed by atoms with E-state index < -0.39 is 23.6 Å². The van der Waals surface area contributed by atoms with Crippen LogP contribution >= 0.6 is 11.6 Å². The third-order valence-corrected chi connectivity index (χ3v) is 2.67. The molecule has 1 aromatic carbocycles. The summed E-state index contributed by atoms with van der Waals surface area (Å²) in [6.45, 7) is 3.14. The zero-order valence-electron chi connectivity index (χ0n) is 9.33. The normalized spacial score (nSPS) is 12.3. The van der Waals surface area contributed by atoms with Crippen molar-refractivity contribution in [1.82, 2.24) is 0 Å². The minimum absolute atomic E-state index is 0.0655. The Hall–Kier alpha value is -1.33. The molecule has 2 N–H and O–H groups in total. The van der Waals surface area contributed by atoms with Gasteiger partial charge in [-0.25, -0.2) is 9.18 Å². The minimum atomic E-state index is -1.78. The number of hydrogen-bond donors (Lipinski definition) is 2. The summed E-state index contributed by atoms with van der Waals surface area (Å²) in [5.41, 5.74) is -0.00762. The molecule has 17 heavy (non-hydrogen) atoms. The first-order chi connectivity index (χ1) is 7.90. The molecule has 0 saturated carbocycles. The lowest BCUT2D eigenvalue weighted by molar-refractivity contribution is -0.153. The first-order valence-electron chi connectivity index (χ1n) is 4.92. The molecular formula is C11H12ClFO4. The number of ether oxygens (including phenoxy) is 1. The van der Waals surface area contributed by atoms with E-state index in [-0.39, 0.29) is 17.2 Å². The summed E-state index contributed by atoms with van der Waals surface area (Å²) in [7, 11) is 0. The topological polar surface area (TPSA) is 66.8 Å². The quantitative estimate of drug-likeness (QED) is 0.819. The zero-order chi connectivity index (χ0) is 13.2. The summed E-state index contributed by atoms with van der Waals surface area (Å²) in [6.07, 6.45) is -1.78. The van der Waals surface area contributed by atoms with Crippen LogP contribution in [0.4, 0.5) is 4.39 Å². The highest BCUT2D eigenvalue weighted by Crippen LogP contribution is 2.34. The number of aromatic hydroxyl groups is 1. The maximum atomic E-state index is 13.6. The number of esters is 1. The molecule has 0 fully saturated rings. The molecule has 0 aliphatic heterocycles. The van der Waals surface area contributed by atoms with Crippen LogP contribution in [0.2, 0.25) is 5.02 Å². The number of halogens is 2. The van der Waals surface area contributed by atoms with Gasteiger partial charge in [-0.2, -0.15) is 0 Å². The van der Waals surface area contributed by atoms with E-state index in [2.05, 4.69) is 4.74 Å². The predicted molar refractivity (Wildman–Crippen MR) is 59.4 cm³/mol. The molecule has 0 aliphatic rings. The monoisotopic (exact) mass is 262 g/mol. The molecule has 94 valence electrons. The molecule has 0 radical (unpaired) electrons. The van der Waals surface area contributed by atoms with Crippen molar-refractivity contribution in [2.24, 2.45) is 0 Å². The number of benzene rings is 1. The number of carbonyl (C=O) groups excluding carboxylic acids is 1. The molecule has 0 aromatic heterocycles. The van der Waals surface area contributed by atoms with E-state index in [1.807, 2.05) is 0 Å². The Morgan fingerprint density at radius 1 is 1.65 bits per heavy atom. The van der Waals surface area contributed by atoms with Crippen molar-refractivity contribution in [3.8, 4) is 5.75 Å². The van der Waals surface area contributed by atoms with Crippen molar-refractivity contribution in [1.29, 1.82) is 0 Å². The first kappa shape index (κ1) is 13.7. The Bertz CT molecular complexity index is 448. The fourth-order valence-electron chi connectivity index (χ4n) is 1.33. The number of phenols is 1. The summed E-state index contributed by atoms with van der Waals surface area (Å²) in [4.78, 5) is 11.2. The van der Waals surface area contributed by atoms with Gasteiger partial charge in [-0.3, -0.25) is 0 Å². The Labute approximate surface area is 103 Å². The number of aryl methyl sites for hydroxylation is 1. The lowest BCUT2D eigenvalue weighted by Gasteiger charge is -2.13. The summed E-state index contributed by atoms with van der Waals surface area (Å²) in [6, 6.07) is 1.19. The highest BCUT2D eigenvalue weighted by Gasteiger charge is 2.26. The number of hydrogen-bond acceptors (Lipinski definition) is 4. The molecule has 1 atom stereocenters. The summed E-state index contributed by atoms with van der Waals surface area (Å²) >= 11 is 5.61. The fraction of sp³-hybridized carbons (Fsp3) is 0.364. The standard InChI is InChI=1S/C11H12ClFO4/c1-3-17-11(16)9(14)6-4-5(2)7(12)10(15)8(6)13/h4,9,14-15H,3H2,1-2H3. The van der Waals surface area contributed by atoms with Gasteiger partial charge in [0.05, 0.1) is 11.6 Å². The van der Waals surface area contributed by atoms with E-state index in [9.17, 15) is 19.4 Å². The van der Waals surface area contributed by atoms with Gasteiger partial charge in [0.25, 0.3) is 0 Å². The summed E-state index contributed by atoms with van der Waals surface area (Å²) in [5.74, 6) is -2.89. The smallest absolute Gasteiger partial charge is 0.339 e. The van der Waals surface area contributed by atoms with E-state index in [0.29, 0.717) is 5.56 Å². The van der Waals surface area contributed by atoms with Gasteiger partial charge in [0, 0.05) is 5.56 Å². The fourth-order valence-corrected chi connectivity index (χ4v) is 1.46. The maximum Gasteiger partial charge on any atom is 0.339 e. The van der Waals surface area contributed by atoms with Crippen LogP contribution in [0.15, 0.2) is 6.07 Å². The zero-order valence-corrected chi connectivity index (χ0v) is 10.1. The van der Waals surface area contributed by atoms with Crippen molar-refractivity contribution in [3.63, 3.8) is 0 Å². The molecule has 1 rings (SSSR count). The van der Waals surface area contributed by atoms with Crippen LogP contribution in [0, 0.1) is 12.7 Å². The molecule has 1 aromatic rings. The number of carbonyl (C=O) groups is 1. The Balaban J connectivity index is 3.19. The molecule has 0 heterocycles. The lowest BCUT2D eigenvalue weighted by Crippen LogP contribution is -2.17. The minimum Gasteiger partial charge on any atom is -0.504 e. The lowest BCUT2D eigenvalue weighted by atomic mass is 10.0. The van der Waals surface area contributed by atoms with Gasteiger partial charge >= 0.3 is 5.97 Å². The van der Waals surface area contributed by atoms with Crippen molar-refractivity contribution < 1.29 is 24.1 Å². The molecule has 6 heteroatoms. The molecule has 1 unspecified atom stereocenters. The van der Waals surface area contributed by atoms with Crippen molar-refractivity contribution in [3.05, 3.63) is 28.0 Å². The summed E-state index contributed by atoms with van der Waals surface area (Å²) in [5, 5.41) is 18.8. The second kappa shape index (κ2) is 5.33. The highest BCUT2D eigenvalue weighted by atomic mass is 35.5. The van der Waals surface area contributed by atoms with Gasteiger partial charge < -0.3 is 14.9 Å². The Morgan fingerprint density at radius 3 is 2.76 bits per heavy atom. The molecule has 0 saturated heterocycles. The predicted octanol–water partition coefficient (Wildman–Crippen LogP) is 2.09. The summed E-state index contributed by atoms with van der Waals surface area (Å²) < 4.78 is 18.1. The van der Waals surface area contributed by atoms with E-state index in [4.69, 9.17) is 11.6 Å². The van der Waals surface area contributed by atoms with Gasteiger partial charge in [-0.05, 0) is 25.5 Å². The molecule has 4 nitrogen and oxygen atoms in total. The highest BCUT2D eigenvalue weighted by molar-refractivity contribution is 6.32. The Morgan fingerprint density at radius 2 is 2.24 bits per heavy atom. The molecule has 0 bridgehead atoms. The third-order valence-electron chi connectivity index (χ3n) is 2.19. The average molecular weight is 263 g/mol. The number of aliphatic hydroxyl groups excluding tert-OH is 1. The van der Waals surface area contributed by atoms with E-state index in [1.165, 1.54) is 13.0 Å².